The van der Waals surface area contributed by atoms with Crippen LogP contribution >= 0.6 is 0 Å². The lowest BCUT2D eigenvalue weighted by Crippen LogP contribution is -2.48. The van der Waals surface area contributed by atoms with Gasteiger partial charge in [0.05, 0.1) is 23.9 Å². The van der Waals surface area contributed by atoms with Crippen molar-refractivity contribution in [2.45, 2.75) is 33.7 Å². The SMILES string of the molecule is CCOC(=O)C1=C(COc2cc(C)cc(C)c2C)N(C)C(=O)NC1c1ccc(F)cc1. The van der Waals surface area contributed by atoms with E-state index in [0.717, 1.165) is 16.7 Å². The molecule has 1 aliphatic rings. The summed E-state index contributed by atoms with van der Waals surface area (Å²) in [5.74, 6) is -0.274. The smallest absolute Gasteiger partial charge is 0.338 e. The number of benzene rings is 2. The molecule has 0 aromatic heterocycles. The number of rotatable bonds is 6. The van der Waals surface area contributed by atoms with Gasteiger partial charge in [0.2, 0.25) is 0 Å². The highest BCUT2D eigenvalue weighted by molar-refractivity contribution is 5.95. The Hall–Kier alpha value is -3.35. The molecule has 7 heteroatoms. The Morgan fingerprint density at radius 1 is 1.16 bits per heavy atom. The van der Waals surface area contributed by atoms with Gasteiger partial charge in [0.15, 0.2) is 0 Å². The van der Waals surface area contributed by atoms with Gasteiger partial charge in [-0.2, -0.15) is 0 Å². The molecule has 3 rings (SSSR count). The molecule has 6 nitrogen and oxygen atoms in total. The predicted molar refractivity (Wildman–Crippen MR) is 115 cm³/mol. The average Bonchev–Trinajstić information content (AvgIpc) is 2.72. The molecular weight excluding hydrogens is 399 g/mol. The number of halogens is 1. The van der Waals surface area contributed by atoms with Gasteiger partial charge < -0.3 is 14.8 Å². The van der Waals surface area contributed by atoms with Gasteiger partial charge in [-0.05, 0) is 68.1 Å². The van der Waals surface area contributed by atoms with Gasteiger partial charge in [-0.3, -0.25) is 4.90 Å². The van der Waals surface area contributed by atoms with E-state index in [2.05, 4.69) is 11.4 Å². The third-order valence-electron chi connectivity index (χ3n) is 5.40. The normalized spacial score (nSPS) is 16.3. The maximum atomic E-state index is 13.4. The number of urea groups is 1. The van der Waals surface area contributed by atoms with E-state index in [9.17, 15) is 14.0 Å². The van der Waals surface area contributed by atoms with Crippen LogP contribution in [0.1, 0.15) is 35.2 Å². The van der Waals surface area contributed by atoms with Gasteiger partial charge in [0.1, 0.15) is 18.2 Å². The summed E-state index contributed by atoms with van der Waals surface area (Å²) >= 11 is 0. The first-order chi connectivity index (χ1) is 14.7. The van der Waals surface area contributed by atoms with E-state index in [-0.39, 0.29) is 18.8 Å². The van der Waals surface area contributed by atoms with Crippen LogP contribution in [-0.4, -0.2) is 37.2 Å². The lowest BCUT2D eigenvalue weighted by molar-refractivity contribution is -0.139. The number of hydrogen-bond donors (Lipinski definition) is 1. The first-order valence-corrected chi connectivity index (χ1v) is 10.1. The number of amides is 2. The molecule has 0 spiro atoms. The highest BCUT2D eigenvalue weighted by Crippen LogP contribution is 2.32. The molecule has 1 N–H and O–H groups in total. The number of carbonyl (C=O) groups is 2. The van der Waals surface area contributed by atoms with Gasteiger partial charge in [-0.1, -0.05) is 18.2 Å². The van der Waals surface area contributed by atoms with Crippen LogP contribution in [0.2, 0.25) is 0 Å². The summed E-state index contributed by atoms with van der Waals surface area (Å²) in [7, 11) is 1.57. The van der Waals surface area contributed by atoms with Crippen LogP contribution in [0.3, 0.4) is 0 Å². The lowest BCUT2D eigenvalue weighted by atomic mass is 9.94. The standard InChI is InChI=1S/C24H27FN2O4/c1-6-30-23(28)21-19(13-31-20-12-14(2)11-15(3)16(20)4)27(5)24(29)26-22(21)17-7-9-18(25)10-8-17/h7-12,22H,6,13H2,1-5H3,(H,26,29). The van der Waals surface area contributed by atoms with Crippen LogP contribution in [0.5, 0.6) is 5.75 Å². The maximum Gasteiger partial charge on any atom is 0.338 e. The second-order valence-electron chi connectivity index (χ2n) is 7.57. The van der Waals surface area contributed by atoms with Crippen molar-refractivity contribution in [3.8, 4) is 5.75 Å². The van der Waals surface area contributed by atoms with Crippen LogP contribution in [0, 0.1) is 26.6 Å². The zero-order chi connectivity index (χ0) is 22.7. The first kappa shape index (κ1) is 22.3. The van der Waals surface area contributed by atoms with Crippen molar-refractivity contribution in [2.75, 3.05) is 20.3 Å². The molecule has 1 atom stereocenters. The molecule has 0 saturated heterocycles. The zero-order valence-electron chi connectivity index (χ0n) is 18.4. The van der Waals surface area contributed by atoms with Crippen molar-refractivity contribution in [1.29, 1.82) is 0 Å². The lowest BCUT2D eigenvalue weighted by Gasteiger charge is -2.34. The quantitative estimate of drug-likeness (QED) is 0.698. The average molecular weight is 426 g/mol. The molecule has 1 aliphatic heterocycles. The van der Waals surface area contributed by atoms with E-state index >= 15 is 0 Å². The van der Waals surface area contributed by atoms with Crippen LogP contribution in [-0.2, 0) is 9.53 Å². The molecular formula is C24H27FN2O4. The molecule has 0 aliphatic carbocycles. The van der Waals surface area contributed by atoms with E-state index in [4.69, 9.17) is 9.47 Å². The summed E-state index contributed by atoms with van der Waals surface area (Å²) in [6, 6.07) is 8.48. The summed E-state index contributed by atoms with van der Waals surface area (Å²) in [4.78, 5) is 26.9. The number of esters is 1. The van der Waals surface area contributed by atoms with Crippen molar-refractivity contribution in [3.63, 3.8) is 0 Å². The topological polar surface area (TPSA) is 67.9 Å². The van der Waals surface area contributed by atoms with Crippen LogP contribution < -0.4 is 10.1 Å². The second kappa shape index (κ2) is 9.20. The fourth-order valence-corrected chi connectivity index (χ4v) is 3.58. The Balaban J connectivity index is 2.05. The number of nitrogens with zero attached hydrogens (tertiary/aromatic N) is 1. The minimum atomic E-state index is -0.776. The van der Waals surface area contributed by atoms with Crippen molar-refractivity contribution < 1.29 is 23.5 Å². The fourth-order valence-electron chi connectivity index (χ4n) is 3.58. The number of aryl methyl sites for hydroxylation is 2. The second-order valence-corrected chi connectivity index (χ2v) is 7.57. The van der Waals surface area contributed by atoms with E-state index in [1.807, 2.05) is 26.8 Å². The number of carbonyl (C=O) groups excluding carboxylic acids is 2. The Labute approximate surface area is 181 Å². The summed E-state index contributed by atoms with van der Waals surface area (Å²) < 4.78 is 24.8. The molecule has 0 radical (unpaired) electrons. The summed E-state index contributed by atoms with van der Waals surface area (Å²) in [6.45, 7) is 7.84. The van der Waals surface area contributed by atoms with Gasteiger partial charge in [-0.15, -0.1) is 0 Å². The van der Waals surface area contributed by atoms with E-state index in [0.29, 0.717) is 17.0 Å². The van der Waals surface area contributed by atoms with Gasteiger partial charge in [-0.25, -0.2) is 14.0 Å². The van der Waals surface area contributed by atoms with Crippen molar-refractivity contribution in [2.24, 2.45) is 0 Å². The van der Waals surface area contributed by atoms with E-state index < -0.39 is 23.9 Å². The third kappa shape index (κ3) is 4.71. The third-order valence-corrected chi connectivity index (χ3v) is 5.40. The van der Waals surface area contributed by atoms with Crippen molar-refractivity contribution >= 4 is 12.0 Å². The molecule has 2 aromatic rings. The molecule has 1 unspecified atom stereocenters. The number of hydrogen-bond acceptors (Lipinski definition) is 4. The molecule has 2 aromatic carbocycles. The summed E-state index contributed by atoms with van der Waals surface area (Å²) in [5, 5.41) is 2.80. The molecule has 2 amide bonds. The summed E-state index contributed by atoms with van der Waals surface area (Å²) in [5.41, 5.74) is 4.37. The molecule has 1 heterocycles. The molecule has 31 heavy (non-hydrogen) atoms. The monoisotopic (exact) mass is 426 g/mol. The van der Waals surface area contributed by atoms with Crippen molar-refractivity contribution in [3.05, 3.63) is 75.7 Å². The summed E-state index contributed by atoms with van der Waals surface area (Å²) in [6.07, 6.45) is 0. The predicted octanol–water partition coefficient (Wildman–Crippen LogP) is 4.34. The zero-order valence-corrected chi connectivity index (χ0v) is 18.4. The largest absolute Gasteiger partial charge is 0.487 e. The van der Waals surface area contributed by atoms with E-state index in [1.54, 1.807) is 14.0 Å². The highest BCUT2D eigenvalue weighted by Gasteiger charge is 2.37. The molecule has 0 bridgehead atoms. The maximum absolute atomic E-state index is 13.4. The van der Waals surface area contributed by atoms with Gasteiger partial charge >= 0.3 is 12.0 Å². The fraction of sp³-hybridized carbons (Fsp3) is 0.333. The Morgan fingerprint density at radius 2 is 1.84 bits per heavy atom. The molecule has 164 valence electrons. The highest BCUT2D eigenvalue weighted by atomic mass is 19.1. The van der Waals surface area contributed by atoms with Crippen LogP contribution in [0.4, 0.5) is 9.18 Å². The Morgan fingerprint density at radius 3 is 2.48 bits per heavy atom. The van der Waals surface area contributed by atoms with Gasteiger partial charge in [0, 0.05) is 7.05 Å². The number of ether oxygens (including phenoxy) is 2. The van der Waals surface area contributed by atoms with Crippen LogP contribution in [0.25, 0.3) is 0 Å². The Kier molecular flexibility index (Phi) is 6.63. The minimum Gasteiger partial charge on any atom is -0.487 e. The molecule has 0 fully saturated rings. The number of nitrogens with one attached hydrogen (secondary N) is 1. The van der Waals surface area contributed by atoms with Gasteiger partial charge in [0.25, 0.3) is 0 Å². The van der Waals surface area contributed by atoms with E-state index in [1.165, 1.54) is 29.2 Å². The first-order valence-electron chi connectivity index (χ1n) is 10.1. The molecule has 0 saturated carbocycles. The minimum absolute atomic E-state index is 0.000500. The number of likely N-dealkylation sites (N-methyl/N-ethyl adjacent to an activating group) is 1. The van der Waals surface area contributed by atoms with Crippen LogP contribution in [0.15, 0.2) is 47.7 Å². The Bertz CT molecular complexity index is 1030. The van der Waals surface area contributed by atoms with Crippen molar-refractivity contribution in [1.82, 2.24) is 10.2 Å².